The Morgan fingerprint density at radius 2 is 2.25 bits per heavy atom. The summed E-state index contributed by atoms with van der Waals surface area (Å²) < 4.78 is 5.10. The van der Waals surface area contributed by atoms with Gasteiger partial charge in [0.25, 0.3) is 0 Å². The van der Waals surface area contributed by atoms with Gasteiger partial charge in [0.15, 0.2) is 5.58 Å². The van der Waals surface area contributed by atoms with E-state index in [4.69, 9.17) is 4.52 Å². The fourth-order valence-corrected chi connectivity index (χ4v) is 1.33. The van der Waals surface area contributed by atoms with E-state index in [2.05, 4.69) is 24.2 Å². The van der Waals surface area contributed by atoms with Gasteiger partial charge < -0.3 is 4.52 Å². The third-order valence-electron chi connectivity index (χ3n) is 2.12. The minimum Gasteiger partial charge on any atom is -0.356 e. The Bertz CT molecular complexity index is 403. The first-order valence-corrected chi connectivity index (χ1v) is 4.16. The Morgan fingerprint density at radius 3 is 3.00 bits per heavy atom. The number of fused-ring (bicyclic) bond motifs is 1. The molecule has 0 bridgehead atoms. The van der Waals surface area contributed by atoms with E-state index in [9.17, 15) is 0 Å². The summed E-state index contributed by atoms with van der Waals surface area (Å²) in [7, 11) is 0. The van der Waals surface area contributed by atoms with Crippen molar-refractivity contribution >= 4 is 11.0 Å². The summed E-state index contributed by atoms with van der Waals surface area (Å²) in [5.41, 5.74) is 3.18. The molecule has 0 N–H and O–H groups in total. The molecule has 2 aromatic rings. The van der Waals surface area contributed by atoms with Crippen molar-refractivity contribution in [3.8, 4) is 0 Å². The van der Waals surface area contributed by atoms with Gasteiger partial charge in [-0.1, -0.05) is 18.1 Å². The molecule has 2 rings (SSSR count). The molecule has 2 heteroatoms. The maximum absolute atomic E-state index is 5.10. The number of nitrogens with zero attached hydrogens (tertiary/aromatic N) is 1. The van der Waals surface area contributed by atoms with Gasteiger partial charge in [0.1, 0.15) is 0 Å². The van der Waals surface area contributed by atoms with Crippen LogP contribution in [-0.2, 0) is 6.42 Å². The van der Waals surface area contributed by atoms with Crippen LogP contribution in [0.1, 0.15) is 18.2 Å². The largest absolute Gasteiger partial charge is 0.356 e. The first-order valence-electron chi connectivity index (χ1n) is 4.16. The molecule has 1 heterocycles. The lowest BCUT2D eigenvalue weighted by Gasteiger charge is -1.94. The van der Waals surface area contributed by atoms with Gasteiger partial charge in [-0.05, 0) is 31.0 Å². The van der Waals surface area contributed by atoms with Crippen LogP contribution in [0.15, 0.2) is 22.7 Å². The number of hydrogen-bond acceptors (Lipinski definition) is 2. The molecular weight excluding hydrogens is 150 g/mol. The number of aryl methyl sites for hydroxylation is 2. The quantitative estimate of drug-likeness (QED) is 0.642. The van der Waals surface area contributed by atoms with Crippen molar-refractivity contribution in [2.45, 2.75) is 20.3 Å². The molecule has 0 saturated heterocycles. The molecule has 2 nitrogen and oxygen atoms in total. The summed E-state index contributed by atoms with van der Waals surface area (Å²) in [4.78, 5) is 0. The Morgan fingerprint density at radius 1 is 1.42 bits per heavy atom. The SMILES string of the molecule is CCc1ccc2onc(C)c2c1. The molecular formula is C10H11NO. The standard InChI is InChI=1S/C10H11NO/c1-3-8-4-5-10-9(6-8)7(2)11-12-10/h4-6H,3H2,1-2H3. The zero-order valence-corrected chi connectivity index (χ0v) is 7.29. The molecule has 1 aromatic heterocycles. The molecule has 0 amide bonds. The molecule has 0 saturated carbocycles. The van der Waals surface area contributed by atoms with Gasteiger partial charge in [-0.15, -0.1) is 0 Å². The van der Waals surface area contributed by atoms with Crippen LogP contribution in [0, 0.1) is 6.92 Å². The van der Waals surface area contributed by atoms with Crippen LogP contribution in [0.25, 0.3) is 11.0 Å². The van der Waals surface area contributed by atoms with Crippen LogP contribution in [0.3, 0.4) is 0 Å². The van der Waals surface area contributed by atoms with Crippen LogP contribution in [0.5, 0.6) is 0 Å². The minimum absolute atomic E-state index is 0.879. The summed E-state index contributed by atoms with van der Waals surface area (Å²) >= 11 is 0. The van der Waals surface area contributed by atoms with Crippen LogP contribution in [0.2, 0.25) is 0 Å². The normalized spacial score (nSPS) is 10.8. The average Bonchev–Trinajstić information content (AvgIpc) is 2.47. The zero-order valence-electron chi connectivity index (χ0n) is 7.29. The number of hydrogen-bond donors (Lipinski definition) is 0. The van der Waals surface area contributed by atoms with Crippen LogP contribution in [0.4, 0.5) is 0 Å². The van der Waals surface area contributed by atoms with Gasteiger partial charge in [0.05, 0.1) is 5.69 Å². The van der Waals surface area contributed by atoms with E-state index in [0.29, 0.717) is 0 Å². The highest BCUT2D eigenvalue weighted by Crippen LogP contribution is 2.19. The van der Waals surface area contributed by atoms with Crippen molar-refractivity contribution in [2.75, 3.05) is 0 Å². The van der Waals surface area contributed by atoms with Gasteiger partial charge in [-0.3, -0.25) is 0 Å². The van der Waals surface area contributed by atoms with E-state index in [-0.39, 0.29) is 0 Å². The molecule has 12 heavy (non-hydrogen) atoms. The molecule has 0 aliphatic carbocycles. The van der Waals surface area contributed by atoms with Gasteiger partial charge in [0.2, 0.25) is 0 Å². The van der Waals surface area contributed by atoms with Crippen molar-refractivity contribution in [2.24, 2.45) is 0 Å². The number of aromatic nitrogens is 1. The smallest absolute Gasteiger partial charge is 0.167 e. The van der Waals surface area contributed by atoms with Crippen molar-refractivity contribution < 1.29 is 4.52 Å². The van der Waals surface area contributed by atoms with Crippen LogP contribution < -0.4 is 0 Å². The highest BCUT2D eigenvalue weighted by molar-refractivity contribution is 5.79. The summed E-state index contributed by atoms with van der Waals surface area (Å²) in [5, 5.41) is 5.03. The Balaban J connectivity index is 2.71. The fraction of sp³-hybridized carbons (Fsp3) is 0.300. The van der Waals surface area contributed by atoms with Gasteiger partial charge in [-0.2, -0.15) is 0 Å². The third-order valence-corrected chi connectivity index (χ3v) is 2.12. The molecule has 0 aliphatic rings. The number of rotatable bonds is 1. The molecule has 0 unspecified atom stereocenters. The first-order chi connectivity index (χ1) is 5.81. The van der Waals surface area contributed by atoms with Crippen molar-refractivity contribution in [1.29, 1.82) is 0 Å². The fourth-order valence-electron chi connectivity index (χ4n) is 1.33. The van der Waals surface area contributed by atoms with Crippen molar-refractivity contribution in [1.82, 2.24) is 5.16 Å². The molecule has 0 atom stereocenters. The molecule has 1 aromatic carbocycles. The monoisotopic (exact) mass is 161 g/mol. The predicted molar refractivity (Wildman–Crippen MR) is 48.1 cm³/mol. The van der Waals surface area contributed by atoms with Gasteiger partial charge >= 0.3 is 0 Å². The lowest BCUT2D eigenvalue weighted by molar-refractivity contribution is 0.450. The lowest BCUT2D eigenvalue weighted by Crippen LogP contribution is -1.78. The predicted octanol–water partition coefficient (Wildman–Crippen LogP) is 2.70. The zero-order chi connectivity index (χ0) is 8.55. The van der Waals surface area contributed by atoms with E-state index in [1.54, 1.807) is 0 Å². The molecule has 0 radical (unpaired) electrons. The average molecular weight is 161 g/mol. The maximum Gasteiger partial charge on any atom is 0.167 e. The molecule has 62 valence electrons. The van der Waals surface area contributed by atoms with Crippen molar-refractivity contribution in [3.05, 3.63) is 29.5 Å². The van der Waals surface area contributed by atoms with Gasteiger partial charge in [0, 0.05) is 5.39 Å². The summed E-state index contributed by atoms with van der Waals surface area (Å²) in [6.07, 6.45) is 1.06. The Hall–Kier alpha value is -1.31. The van der Waals surface area contributed by atoms with E-state index in [1.807, 2.05) is 13.0 Å². The third kappa shape index (κ3) is 0.998. The highest BCUT2D eigenvalue weighted by Gasteiger charge is 2.02. The maximum atomic E-state index is 5.10. The topological polar surface area (TPSA) is 26.0 Å². The van der Waals surface area contributed by atoms with Crippen LogP contribution >= 0.6 is 0 Å². The summed E-state index contributed by atoms with van der Waals surface area (Å²) in [6, 6.07) is 6.20. The molecule has 0 fully saturated rings. The Kier molecular flexibility index (Phi) is 1.61. The molecule has 0 aliphatic heterocycles. The summed E-state index contributed by atoms with van der Waals surface area (Å²) in [6.45, 7) is 4.11. The van der Waals surface area contributed by atoms with Crippen LogP contribution in [-0.4, -0.2) is 5.16 Å². The lowest BCUT2D eigenvalue weighted by atomic mass is 10.1. The summed E-state index contributed by atoms with van der Waals surface area (Å²) in [5.74, 6) is 0. The van der Waals surface area contributed by atoms with E-state index >= 15 is 0 Å². The van der Waals surface area contributed by atoms with E-state index < -0.39 is 0 Å². The molecule has 0 spiro atoms. The second kappa shape index (κ2) is 2.63. The van der Waals surface area contributed by atoms with E-state index in [1.165, 1.54) is 5.56 Å². The second-order valence-corrected chi connectivity index (χ2v) is 2.95. The minimum atomic E-state index is 0.879. The first kappa shape index (κ1) is 7.35. The Labute approximate surface area is 71.2 Å². The second-order valence-electron chi connectivity index (χ2n) is 2.95. The van der Waals surface area contributed by atoms with E-state index in [0.717, 1.165) is 23.1 Å². The number of benzene rings is 1. The highest BCUT2D eigenvalue weighted by atomic mass is 16.5. The van der Waals surface area contributed by atoms with Gasteiger partial charge in [-0.25, -0.2) is 0 Å². The van der Waals surface area contributed by atoms with Crippen molar-refractivity contribution in [3.63, 3.8) is 0 Å².